The van der Waals surface area contributed by atoms with Gasteiger partial charge in [-0.05, 0) is 20.8 Å². The van der Waals surface area contributed by atoms with Crippen molar-refractivity contribution in [1.82, 2.24) is 15.6 Å². The van der Waals surface area contributed by atoms with Crippen molar-refractivity contribution < 1.29 is 23.5 Å². The minimum atomic E-state index is -1.08. The molecule has 1 atom stereocenters. The Morgan fingerprint density at radius 1 is 1.22 bits per heavy atom. The van der Waals surface area contributed by atoms with E-state index in [9.17, 15) is 14.4 Å². The fourth-order valence-corrected chi connectivity index (χ4v) is 2.21. The summed E-state index contributed by atoms with van der Waals surface area (Å²) in [6.07, 6.45) is 0.781. The highest BCUT2D eigenvalue weighted by atomic mass is 16.5. The van der Waals surface area contributed by atoms with Gasteiger partial charge in [-0.3, -0.25) is 14.9 Å². The molecule has 2 N–H and O–H groups in total. The molecule has 144 valence electrons. The van der Waals surface area contributed by atoms with Crippen molar-refractivity contribution in [1.29, 1.82) is 0 Å². The molecule has 1 heterocycles. The SMILES string of the molecule is CCNC(=O)NC(=O)C(C)OC(=O)CCc1ncc(-c2ccc(C)cc2)o1. The van der Waals surface area contributed by atoms with Crippen LogP contribution in [0.1, 0.15) is 31.7 Å². The summed E-state index contributed by atoms with van der Waals surface area (Å²) in [6, 6.07) is 7.18. The van der Waals surface area contributed by atoms with Gasteiger partial charge in [0.2, 0.25) is 0 Å². The molecule has 0 radical (unpaired) electrons. The summed E-state index contributed by atoms with van der Waals surface area (Å²) in [5.41, 5.74) is 2.05. The number of urea groups is 1. The minimum Gasteiger partial charge on any atom is -0.453 e. The van der Waals surface area contributed by atoms with Crippen LogP contribution in [-0.4, -0.2) is 35.5 Å². The summed E-state index contributed by atoms with van der Waals surface area (Å²) in [4.78, 5) is 39.1. The largest absolute Gasteiger partial charge is 0.453 e. The number of hydrogen-bond acceptors (Lipinski definition) is 6. The Labute approximate surface area is 157 Å². The second-order valence-corrected chi connectivity index (χ2v) is 5.97. The highest BCUT2D eigenvalue weighted by Crippen LogP contribution is 2.21. The quantitative estimate of drug-likeness (QED) is 0.721. The van der Waals surface area contributed by atoms with Crippen LogP contribution >= 0.6 is 0 Å². The second-order valence-electron chi connectivity index (χ2n) is 5.97. The number of amides is 3. The van der Waals surface area contributed by atoms with E-state index in [-0.39, 0.29) is 12.8 Å². The number of esters is 1. The van der Waals surface area contributed by atoms with Gasteiger partial charge >= 0.3 is 12.0 Å². The van der Waals surface area contributed by atoms with Crippen molar-refractivity contribution >= 4 is 17.9 Å². The zero-order valence-electron chi connectivity index (χ0n) is 15.6. The maximum atomic E-state index is 11.9. The van der Waals surface area contributed by atoms with Gasteiger partial charge < -0.3 is 14.5 Å². The minimum absolute atomic E-state index is 0.00657. The number of nitrogens with zero attached hydrogens (tertiary/aromatic N) is 1. The molecule has 0 bridgehead atoms. The molecular weight excluding hydrogens is 350 g/mol. The van der Waals surface area contributed by atoms with Gasteiger partial charge in [-0.2, -0.15) is 0 Å². The number of oxazole rings is 1. The Morgan fingerprint density at radius 3 is 2.59 bits per heavy atom. The summed E-state index contributed by atoms with van der Waals surface area (Å²) < 4.78 is 10.7. The van der Waals surface area contributed by atoms with E-state index >= 15 is 0 Å². The lowest BCUT2D eigenvalue weighted by Crippen LogP contribution is -2.44. The normalized spacial score (nSPS) is 11.5. The number of carbonyl (C=O) groups is 3. The Balaban J connectivity index is 1.81. The number of benzene rings is 1. The predicted octanol–water partition coefficient (Wildman–Crippen LogP) is 2.36. The molecule has 0 aliphatic heterocycles. The van der Waals surface area contributed by atoms with Crippen molar-refractivity contribution in [2.45, 2.75) is 39.7 Å². The van der Waals surface area contributed by atoms with E-state index < -0.39 is 24.0 Å². The zero-order chi connectivity index (χ0) is 19.8. The summed E-state index contributed by atoms with van der Waals surface area (Å²) in [5.74, 6) is -0.245. The lowest BCUT2D eigenvalue weighted by Gasteiger charge is -2.12. The Hall–Kier alpha value is -3.16. The van der Waals surface area contributed by atoms with Crippen molar-refractivity contribution in [3.05, 3.63) is 41.9 Å². The first-order valence-electron chi connectivity index (χ1n) is 8.69. The highest BCUT2D eigenvalue weighted by Gasteiger charge is 2.20. The maximum absolute atomic E-state index is 11.9. The molecule has 2 rings (SSSR count). The Bertz CT molecular complexity index is 798. The van der Waals surface area contributed by atoms with Crippen LogP contribution in [0, 0.1) is 6.92 Å². The Morgan fingerprint density at radius 2 is 1.93 bits per heavy atom. The van der Waals surface area contributed by atoms with Gasteiger partial charge in [0.15, 0.2) is 17.8 Å². The first-order valence-corrected chi connectivity index (χ1v) is 8.69. The first kappa shape index (κ1) is 20.2. The number of nitrogens with one attached hydrogen (secondary N) is 2. The lowest BCUT2D eigenvalue weighted by atomic mass is 10.1. The van der Waals surface area contributed by atoms with Gasteiger partial charge in [0, 0.05) is 18.5 Å². The fraction of sp³-hybridized carbons (Fsp3) is 0.368. The van der Waals surface area contributed by atoms with Crippen molar-refractivity contribution in [3.8, 4) is 11.3 Å². The standard InChI is InChI=1S/C19H23N3O5/c1-4-20-19(25)22-18(24)13(3)26-17(23)10-9-16-21-11-15(27-16)14-7-5-12(2)6-8-14/h5-8,11,13H,4,9-10H2,1-3H3,(H2,20,22,24,25). The molecule has 0 saturated heterocycles. The summed E-state index contributed by atoms with van der Waals surface area (Å²) in [5, 5.41) is 4.51. The molecule has 0 fully saturated rings. The zero-order valence-corrected chi connectivity index (χ0v) is 15.6. The summed E-state index contributed by atoms with van der Waals surface area (Å²) in [7, 11) is 0. The van der Waals surface area contributed by atoms with Crippen LogP contribution in [0.4, 0.5) is 4.79 Å². The molecule has 0 aliphatic rings. The third-order valence-corrected chi connectivity index (χ3v) is 3.68. The van der Waals surface area contributed by atoms with Gasteiger partial charge in [-0.1, -0.05) is 29.8 Å². The molecule has 8 nitrogen and oxygen atoms in total. The highest BCUT2D eigenvalue weighted by molar-refractivity contribution is 5.97. The van der Waals surface area contributed by atoms with Crippen LogP contribution in [0.5, 0.6) is 0 Å². The average Bonchev–Trinajstić information content (AvgIpc) is 3.09. The topological polar surface area (TPSA) is 111 Å². The number of aromatic nitrogens is 1. The molecule has 8 heteroatoms. The number of imide groups is 1. The number of ether oxygens (including phenoxy) is 1. The van der Waals surface area contributed by atoms with Gasteiger partial charge in [0.1, 0.15) is 0 Å². The van der Waals surface area contributed by atoms with Crippen molar-refractivity contribution in [2.75, 3.05) is 6.54 Å². The van der Waals surface area contributed by atoms with Crippen LogP contribution in [0.25, 0.3) is 11.3 Å². The third kappa shape index (κ3) is 6.25. The molecule has 2 aromatic rings. The molecule has 1 unspecified atom stereocenters. The molecule has 0 spiro atoms. The van der Waals surface area contributed by atoms with Gasteiger partial charge in [0.05, 0.1) is 12.6 Å². The predicted molar refractivity (Wildman–Crippen MR) is 97.8 cm³/mol. The Kier molecular flexibility index (Phi) is 7.10. The van der Waals surface area contributed by atoms with E-state index in [2.05, 4.69) is 15.6 Å². The van der Waals surface area contributed by atoms with E-state index in [1.807, 2.05) is 31.2 Å². The second kappa shape index (κ2) is 9.51. The molecule has 1 aromatic heterocycles. The van der Waals surface area contributed by atoms with Crippen LogP contribution in [0.3, 0.4) is 0 Å². The lowest BCUT2D eigenvalue weighted by molar-refractivity contribution is -0.154. The molecule has 1 aromatic carbocycles. The van der Waals surface area contributed by atoms with Gasteiger partial charge in [-0.25, -0.2) is 9.78 Å². The molecular formula is C19H23N3O5. The van der Waals surface area contributed by atoms with Crippen molar-refractivity contribution in [2.24, 2.45) is 0 Å². The number of aryl methyl sites for hydroxylation is 2. The number of rotatable bonds is 7. The van der Waals surface area contributed by atoms with E-state index in [1.54, 1.807) is 13.1 Å². The molecule has 27 heavy (non-hydrogen) atoms. The third-order valence-electron chi connectivity index (χ3n) is 3.68. The van der Waals surface area contributed by atoms with Gasteiger partial charge in [-0.15, -0.1) is 0 Å². The monoisotopic (exact) mass is 373 g/mol. The van der Waals surface area contributed by atoms with Crippen LogP contribution in [0.15, 0.2) is 34.9 Å². The number of carbonyl (C=O) groups excluding carboxylic acids is 3. The average molecular weight is 373 g/mol. The molecule has 3 amide bonds. The van der Waals surface area contributed by atoms with Crippen molar-refractivity contribution in [3.63, 3.8) is 0 Å². The van der Waals surface area contributed by atoms with E-state index in [0.29, 0.717) is 18.2 Å². The van der Waals surface area contributed by atoms with Crippen LogP contribution in [0.2, 0.25) is 0 Å². The smallest absolute Gasteiger partial charge is 0.321 e. The van der Waals surface area contributed by atoms with E-state index in [0.717, 1.165) is 11.1 Å². The summed E-state index contributed by atoms with van der Waals surface area (Å²) >= 11 is 0. The number of hydrogen-bond donors (Lipinski definition) is 2. The van der Waals surface area contributed by atoms with E-state index in [4.69, 9.17) is 9.15 Å². The molecule has 0 saturated carbocycles. The fourth-order valence-electron chi connectivity index (χ4n) is 2.21. The van der Waals surface area contributed by atoms with Crippen LogP contribution in [-0.2, 0) is 20.7 Å². The van der Waals surface area contributed by atoms with E-state index in [1.165, 1.54) is 6.92 Å². The van der Waals surface area contributed by atoms with Crippen LogP contribution < -0.4 is 10.6 Å². The molecule has 0 aliphatic carbocycles. The maximum Gasteiger partial charge on any atom is 0.321 e. The summed E-state index contributed by atoms with van der Waals surface area (Å²) in [6.45, 7) is 5.50. The van der Waals surface area contributed by atoms with Gasteiger partial charge in [0.25, 0.3) is 5.91 Å². The first-order chi connectivity index (χ1) is 12.9.